The molecule has 1 aromatic heterocycles. The normalized spacial score (nSPS) is 12.8. The molecule has 0 fully saturated rings. The second kappa shape index (κ2) is 5.10. The van der Waals surface area contributed by atoms with Gasteiger partial charge in [0.15, 0.2) is 5.69 Å². The summed E-state index contributed by atoms with van der Waals surface area (Å²) in [5, 5.41) is 2.63. The van der Waals surface area contributed by atoms with Crippen LogP contribution in [0.15, 0.2) is 18.2 Å². The fourth-order valence-electron chi connectivity index (χ4n) is 1.53. The minimum atomic E-state index is -5.03. The van der Waals surface area contributed by atoms with Crippen molar-refractivity contribution in [3.8, 4) is 5.69 Å². The standard InChI is InChI=1S/C11H3Cl2F6N2/c12-5-1-6(13)3-7(2-5)21-9(11(17,18)19)4-8(20-21)10(14,15)16/h2-4H. The van der Waals surface area contributed by atoms with Crippen LogP contribution < -0.4 is 0 Å². The molecular weight excluding hydrogens is 345 g/mol. The molecule has 2 aromatic rings. The lowest BCUT2D eigenvalue weighted by atomic mass is 10.3. The van der Waals surface area contributed by atoms with E-state index in [-0.39, 0.29) is 26.5 Å². The Morgan fingerprint density at radius 3 is 1.86 bits per heavy atom. The van der Waals surface area contributed by atoms with Crippen LogP contribution in [0.3, 0.4) is 0 Å². The predicted molar refractivity (Wildman–Crippen MR) is 62.4 cm³/mol. The van der Waals surface area contributed by atoms with Crippen LogP contribution in [0, 0.1) is 6.07 Å². The van der Waals surface area contributed by atoms with Gasteiger partial charge in [-0.1, -0.05) is 23.2 Å². The lowest BCUT2D eigenvalue weighted by Gasteiger charge is -2.10. The number of hydrogen-bond donors (Lipinski definition) is 0. The summed E-state index contributed by atoms with van der Waals surface area (Å²) in [5.74, 6) is 0. The highest BCUT2D eigenvalue weighted by atomic mass is 35.5. The lowest BCUT2D eigenvalue weighted by molar-refractivity contribution is -0.143. The summed E-state index contributed by atoms with van der Waals surface area (Å²) in [6, 6.07) is 4.21. The number of aromatic nitrogens is 2. The van der Waals surface area contributed by atoms with Gasteiger partial charge in [0.1, 0.15) is 5.69 Å². The number of alkyl halides is 6. The minimum absolute atomic E-state index is 0.0848. The fourth-order valence-corrected chi connectivity index (χ4v) is 2.00. The molecule has 0 aliphatic heterocycles. The third-order valence-electron chi connectivity index (χ3n) is 2.32. The minimum Gasteiger partial charge on any atom is -0.228 e. The summed E-state index contributed by atoms with van der Waals surface area (Å²) >= 11 is 11.2. The molecule has 0 saturated heterocycles. The highest BCUT2D eigenvalue weighted by Crippen LogP contribution is 2.37. The first kappa shape index (κ1) is 16.0. The zero-order valence-corrected chi connectivity index (χ0v) is 11.2. The van der Waals surface area contributed by atoms with Gasteiger partial charge in [-0.05, 0) is 12.1 Å². The maximum Gasteiger partial charge on any atom is 0.435 e. The highest BCUT2D eigenvalue weighted by molar-refractivity contribution is 6.34. The van der Waals surface area contributed by atoms with E-state index in [0.717, 1.165) is 12.1 Å². The van der Waals surface area contributed by atoms with Gasteiger partial charge < -0.3 is 0 Å². The van der Waals surface area contributed by atoms with E-state index in [1.807, 2.05) is 0 Å². The van der Waals surface area contributed by atoms with Crippen molar-refractivity contribution in [3.63, 3.8) is 0 Å². The van der Waals surface area contributed by atoms with Crippen molar-refractivity contribution >= 4 is 23.2 Å². The van der Waals surface area contributed by atoms with E-state index in [0.29, 0.717) is 0 Å². The number of rotatable bonds is 1. The first-order valence-corrected chi connectivity index (χ1v) is 5.87. The third-order valence-corrected chi connectivity index (χ3v) is 2.73. The summed E-state index contributed by atoms with van der Waals surface area (Å²) in [6.45, 7) is 0. The molecular formula is C11H3Cl2F6N2. The Balaban J connectivity index is 2.69. The van der Waals surface area contributed by atoms with Gasteiger partial charge in [0.25, 0.3) is 0 Å². The zero-order chi connectivity index (χ0) is 16.0. The molecule has 0 aliphatic rings. The van der Waals surface area contributed by atoms with Crippen LogP contribution in [0.5, 0.6) is 0 Å². The molecule has 0 bridgehead atoms. The summed E-state index contributed by atoms with van der Waals surface area (Å²) in [5.41, 5.74) is -3.62. The van der Waals surface area contributed by atoms with Gasteiger partial charge in [0.05, 0.1) is 15.7 Å². The molecule has 2 rings (SSSR count). The van der Waals surface area contributed by atoms with Gasteiger partial charge >= 0.3 is 12.4 Å². The topological polar surface area (TPSA) is 17.8 Å². The number of benzene rings is 1. The van der Waals surface area contributed by atoms with Crippen molar-refractivity contribution in [1.82, 2.24) is 9.78 Å². The molecule has 1 aromatic carbocycles. The van der Waals surface area contributed by atoms with E-state index in [2.05, 4.69) is 11.2 Å². The number of halogens is 8. The summed E-state index contributed by atoms with van der Waals surface area (Å²) < 4.78 is 76.2. The van der Waals surface area contributed by atoms with Gasteiger partial charge in [0, 0.05) is 12.1 Å². The van der Waals surface area contributed by atoms with Gasteiger partial charge in [-0.25, -0.2) is 4.68 Å². The van der Waals surface area contributed by atoms with E-state index in [1.54, 1.807) is 0 Å². The first-order chi connectivity index (χ1) is 9.48. The van der Waals surface area contributed by atoms with E-state index in [4.69, 9.17) is 23.2 Å². The molecule has 2 nitrogen and oxygen atoms in total. The van der Waals surface area contributed by atoms with Crippen LogP contribution in [-0.4, -0.2) is 9.78 Å². The van der Waals surface area contributed by atoms with Crippen molar-refractivity contribution < 1.29 is 26.3 Å². The molecule has 0 N–H and O–H groups in total. The van der Waals surface area contributed by atoms with Gasteiger partial charge in [-0.15, -0.1) is 0 Å². The molecule has 0 saturated carbocycles. The Kier molecular flexibility index (Phi) is 3.88. The van der Waals surface area contributed by atoms with E-state index in [9.17, 15) is 26.3 Å². The number of hydrogen-bond acceptors (Lipinski definition) is 1. The summed E-state index contributed by atoms with van der Waals surface area (Å²) in [7, 11) is 0. The van der Waals surface area contributed by atoms with Crippen LogP contribution in [0.2, 0.25) is 10.0 Å². The maximum absolute atomic E-state index is 12.8. The summed E-state index contributed by atoms with van der Waals surface area (Å²) in [4.78, 5) is 0. The predicted octanol–water partition coefficient (Wildman–Crippen LogP) is 5.02. The highest BCUT2D eigenvalue weighted by Gasteiger charge is 2.42. The molecule has 0 spiro atoms. The van der Waals surface area contributed by atoms with E-state index < -0.39 is 23.7 Å². The van der Waals surface area contributed by atoms with E-state index in [1.165, 1.54) is 0 Å². The van der Waals surface area contributed by atoms with Crippen LogP contribution in [0.25, 0.3) is 5.69 Å². The average Bonchev–Trinajstić information content (AvgIpc) is 2.70. The van der Waals surface area contributed by atoms with Crippen molar-refractivity contribution in [3.05, 3.63) is 45.7 Å². The van der Waals surface area contributed by atoms with Crippen molar-refractivity contribution in [1.29, 1.82) is 0 Å². The molecule has 0 aliphatic carbocycles. The van der Waals surface area contributed by atoms with Gasteiger partial charge in [-0.2, -0.15) is 31.4 Å². The Morgan fingerprint density at radius 2 is 1.43 bits per heavy atom. The van der Waals surface area contributed by atoms with Crippen molar-refractivity contribution in [2.24, 2.45) is 0 Å². The molecule has 1 heterocycles. The number of nitrogens with zero attached hydrogens (tertiary/aromatic N) is 2. The summed E-state index contributed by atoms with van der Waals surface area (Å²) in [6.07, 6.45) is -10.0. The lowest BCUT2D eigenvalue weighted by Crippen LogP contribution is -2.13. The average molecular weight is 348 g/mol. The fraction of sp³-hybridized carbons (Fsp3) is 0.182. The maximum atomic E-state index is 12.8. The Labute approximate surface area is 123 Å². The molecule has 10 heteroatoms. The molecule has 0 atom stereocenters. The first-order valence-electron chi connectivity index (χ1n) is 5.11. The monoisotopic (exact) mass is 347 g/mol. The second-order valence-corrected chi connectivity index (χ2v) is 4.67. The van der Waals surface area contributed by atoms with Crippen LogP contribution in [0.4, 0.5) is 26.3 Å². The third kappa shape index (κ3) is 3.44. The Bertz CT molecular complexity index is 654. The molecule has 1 radical (unpaired) electrons. The molecule has 21 heavy (non-hydrogen) atoms. The SMILES string of the molecule is FC(F)(F)c1cc(C(F)(F)F)n(-c2cc(Cl)[c]c(Cl)c2)n1. The Hall–Kier alpha value is -1.41. The van der Waals surface area contributed by atoms with Gasteiger partial charge in [-0.3, -0.25) is 0 Å². The molecule has 0 unspecified atom stereocenters. The largest absolute Gasteiger partial charge is 0.435 e. The Morgan fingerprint density at radius 1 is 0.905 bits per heavy atom. The van der Waals surface area contributed by atoms with Crippen LogP contribution >= 0.6 is 23.2 Å². The second-order valence-electron chi connectivity index (χ2n) is 3.86. The van der Waals surface area contributed by atoms with Crippen molar-refractivity contribution in [2.75, 3.05) is 0 Å². The molecule has 113 valence electrons. The van der Waals surface area contributed by atoms with E-state index >= 15 is 0 Å². The van der Waals surface area contributed by atoms with Crippen molar-refractivity contribution in [2.45, 2.75) is 12.4 Å². The molecule has 0 amide bonds. The quantitative estimate of drug-likeness (QED) is 0.662. The smallest absolute Gasteiger partial charge is 0.228 e. The zero-order valence-electron chi connectivity index (χ0n) is 9.65. The van der Waals surface area contributed by atoms with Gasteiger partial charge in [0.2, 0.25) is 0 Å². The van der Waals surface area contributed by atoms with Crippen LogP contribution in [0.1, 0.15) is 11.4 Å². The van der Waals surface area contributed by atoms with Crippen LogP contribution in [-0.2, 0) is 12.4 Å².